The molecule has 0 aliphatic rings. The number of carbonyl (C=O) groups excluding carboxylic acids is 1. The molecule has 1 amide bonds. The molecule has 0 aliphatic carbocycles. The Kier molecular flexibility index (Phi) is 4.46. The van der Waals surface area contributed by atoms with Crippen LogP contribution in [0.3, 0.4) is 0 Å². The molecule has 0 fully saturated rings. The minimum Gasteiger partial charge on any atom is -0.480 e. The van der Waals surface area contributed by atoms with Crippen molar-refractivity contribution in [3.05, 3.63) is 18.0 Å². The number of aryl methyl sites for hydroxylation is 1. The maximum Gasteiger partial charge on any atom is 0.329 e. The van der Waals surface area contributed by atoms with Crippen molar-refractivity contribution < 1.29 is 19.4 Å². The van der Waals surface area contributed by atoms with Crippen LogP contribution in [0.25, 0.3) is 0 Å². The number of rotatable bonds is 6. The summed E-state index contributed by atoms with van der Waals surface area (Å²) < 4.78 is 6.28. The van der Waals surface area contributed by atoms with Gasteiger partial charge in [-0.25, -0.2) is 4.79 Å². The maximum atomic E-state index is 11.4. The summed E-state index contributed by atoms with van der Waals surface area (Å²) in [5, 5.41) is 14.7. The van der Waals surface area contributed by atoms with E-state index in [0.717, 1.165) is 0 Å². The maximum absolute atomic E-state index is 11.4. The molecule has 1 heterocycles. The zero-order chi connectivity index (χ0) is 12.0. The van der Waals surface area contributed by atoms with Gasteiger partial charge < -0.3 is 15.2 Å². The van der Waals surface area contributed by atoms with Gasteiger partial charge in [0.2, 0.25) is 0 Å². The van der Waals surface area contributed by atoms with Gasteiger partial charge in [-0.3, -0.25) is 9.48 Å². The highest BCUT2D eigenvalue weighted by Crippen LogP contribution is 1.94. The Labute approximate surface area is 92.0 Å². The Morgan fingerprint density at radius 2 is 2.38 bits per heavy atom. The predicted octanol–water partition coefficient (Wildman–Crippen LogP) is -0.749. The number of carbonyl (C=O) groups is 2. The van der Waals surface area contributed by atoms with E-state index in [1.807, 2.05) is 0 Å². The van der Waals surface area contributed by atoms with Crippen molar-refractivity contribution in [1.29, 1.82) is 0 Å². The number of carboxylic acid groups (broad SMARTS) is 1. The van der Waals surface area contributed by atoms with Gasteiger partial charge in [0.05, 0.1) is 18.4 Å². The van der Waals surface area contributed by atoms with Gasteiger partial charge in [-0.1, -0.05) is 0 Å². The molecule has 0 aromatic carbocycles. The van der Waals surface area contributed by atoms with Crippen molar-refractivity contribution in [2.45, 2.75) is 0 Å². The number of nitrogens with one attached hydrogen (secondary N) is 1. The fourth-order valence-electron chi connectivity index (χ4n) is 1.04. The lowest BCUT2D eigenvalue weighted by Crippen LogP contribution is -2.27. The molecule has 0 atom stereocenters. The van der Waals surface area contributed by atoms with E-state index in [1.54, 1.807) is 13.2 Å². The van der Waals surface area contributed by atoms with Crippen molar-refractivity contribution in [2.75, 3.05) is 19.8 Å². The Bertz CT molecular complexity index is 375. The molecule has 2 N–H and O–H groups in total. The molecule has 0 radical (unpaired) electrons. The second kappa shape index (κ2) is 5.86. The van der Waals surface area contributed by atoms with Crippen LogP contribution in [-0.4, -0.2) is 46.5 Å². The van der Waals surface area contributed by atoms with E-state index in [2.05, 4.69) is 10.4 Å². The second-order valence-electron chi connectivity index (χ2n) is 3.10. The first-order valence-electron chi connectivity index (χ1n) is 4.66. The smallest absolute Gasteiger partial charge is 0.329 e. The summed E-state index contributed by atoms with van der Waals surface area (Å²) in [5.74, 6) is -1.29. The molecular weight excluding hydrogens is 214 g/mol. The van der Waals surface area contributed by atoms with E-state index in [0.29, 0.717) is 5.56 Å². The molecule has 16 heavy (non-hydrogen) atoms. The molecular formula is C9H13N3O4. The summed E-state index contributed by atoms with van der Waals surface area (Å²) >= 11 is 0. The van der Waals surface area contributed by atoms with Crippen LogP contribution in [-0.2, 0) is 16.6 Å². The molecule has 1 rings (SSSR count). The lowest BCUT2D eigenvalue weighted by Gasteiger charge is -2.03. The highest BCUT2D eigenvalue weighted by molar-refractivity contribution is 5.93. The Morgan fingerprint density at radius 3 is 2.94 bits per heavy atom. The lowest BCUT2D eigenvalue weighted by atomic mass is 10.3. The van der Waals surface area contributed by atoms with E-state index in [4.69, 9.17) is 9.84 Å². The number of nitrogens with zero attached hydrogens (tertiary/aromatic N) is 2. The number of amides is 1. The van der Waals surface area contributed by atoms with Gasteiger partial charge in [0, 0.05) is 19.8 Å². The average Bonchev–Trinajstić information content (AvgIpc) is 2.63. The first-order chi connectivity index (χ1) is 7.59. The van der Waals surface area contributed by atoms with Gasteiger partial charge in [0.1, 0.15) is 6.61 Å². The third-order valence-corrected chi connectivity index (χ3v) is 1.72. The first kappa shape index (κ1) is 12.2. The number of aromatic nitrogens is 2. The zero-order valence-corrected chi connectivity index (χ0v) is 8.84. The summed E-state index contributed by atoms with van der Waals surface area (Å²) in [6, 6.07) is 0. The van der Waals surface area contributed by atoms with E-state index in [9.17, 15) is 9.59 Å². The van der Waals surface area contributed by atoms with Gasteiger partial charge in [0.15, 0.2) is 0 Å². The average molecular weight is 227 g/mol. The van der Waals surface area contributed by atoms with Gasteiger partial charge in [0.25, 0.3) is 5.91 Å². The minimum absolute atomic E-state index is 0.165. The highest BCUT2D eigenvalue weighted by Gasteiger charge is 2.06. The van der Waals surface area contributed by atoms with Crippen LogP contribution in [0.15, 0.2) is 12.4 Å². The van der Waals surface area contributed by atoms with E-state index in [1.165, 1.54) is 10.9 Å². The summed E-state index contributed by atoms with van der Waals surface area (Å²) in [4.78, 5) is 21.5. The Morgan fingerprint density at radius 1 is 1.62 bits per heavy atom. The van der Waals surface area contributed by atoms with Crippen LogP contribution in [0.5, 0.6) is 0 Å². The molecule has 7 heteroatoms. The lowest BCUT2D eigenvalue weighted by molar-refractivity contribution is -0.142. The normalized spacial score (nSPS) is 10.1. The fourth-order valence-corrected chi connectivity index (χ4v) is 1.04. The molecule has 0 spiro atoms. The van der Waals surface area contributed by atoms with E-state index in [-0.39, 0.29) is 25.7 Å². The minimum atomic E-state index is -1.03. The molecule has 88 valence electrons. The number of carboxylic acids is 1. The summed E-state index contributed by atoms with van der Waals surface area (Å²) in [6.07, 6.45) is 3.04. The quantitative estimate of drug-likeness (QED) is 0.624. The number of hydrogen-bond donors (Lipinski definition) is 2. The van der Waals surface area contributed by atoms with Crippen molar-refractivity contribution in [1.82, 2.24) is 15.1 Å². The number of aliphatic carboxylic acids is 1. The molecule has 0 aliphatic heterocycles. The molecule has 0 saturated carbocycles. The highest BCUT2D eigenvalue weighted by atomic mass is 16.5. The monoisotopic (exact) mass is 227 g/mol. The Balaban J connectivity index is 2.18. The second-order valence-corrected chi connectivity index (χ2v) is 3.10. The topological polar surface area (TPSA) is 93.5 Å². The van der Waals surface area contributed by atoms with E-state index < -0.39 is 5.97 Å². The molecule has 0 saturated heterocycles. The zero-order valence-electron chi connectivity index (χ0n) is 8.84. The third kappa shape index (κ3) is 4.09. The number of hydrogen-bond acceptors (Lipinski definition) is 4. The Hall–Kier alpha value is -1.89. The van der Waals surface area contributed by atoms with Gasteiger partial charge >= 0.3 is 5.97 Å². The summed E-state index contributed by atoms with van der Waals surface area (Å²) in [5.41, 5.74) is 0.459. The predicted molar refractivity (Wildman–Crippen MR) is 54.0 cm³/mol. The van der Waals surface area contributed by atoms with Gasteiger partial charge in [-0.15, -0.1) is 0 Å². The van der Waals surface area contributed by atoms with Crippen LogP contribution < -0.4 is 5.32 Å². The standard InChI is InChI=1S/C9H13N3O4/c1-12-5-7(4-11-12)9(15)10-2-3-16-6-8(13)14/h4-5H,2-3,6H2,1H3,(H,10,15)(H,13,14). The molecule has 7 nitrogen and oxygen atoms in total. The summed E-state index contributed by atoms with van der Waals surface area (Å²) in [7, 11) is 1.72. The van der Waals surface area contributed by atoms with E-state index >= 15 is 0 Å². The molecule has 1 aromatic heterocycles. The van der Waals surface area contributed by atoms with Crippen molar-refractivity contribution >= 4 is 11.9 Å². The van der Waals surface area contributed by atoms with Crippen molar-refractivity contribution in [2.24, 2.45) is 7.05 Å². The molecule has 1 aromatic rings. The van der Waals surface area contributed by atoms with Crippen LogP contribution in [0.2, 0.25) is 0 Å². The SMILES string of the molecule is Cn1cc(C(=O)NCCOCC(=O)O)cn1. The van der Waals surface area contributed by atoms with Crippen LogP contribution in [0.1, 0.15) is 10.4 Å². The third-order valence-electron chi connectivity index (χ3n) is 1.72. The number of ether oxygens (including phenoxy) is 1. The van der Waals surface area contributed by atoms with Crippen LogP contribution in [0, 0.1) is 0 Å². The van der Waals surface area contributed by atoms with Gasteiger partial charge in [-0.05, 0) is 0 Å². The van der Waals surface area contributed by atoms with Crippen molar-refractivity contribution in [3.63, 3.8) is 0 Å². The van der Waals surface area contributed by atoms with Crippen molar-refractivity contribution in [3.8, 4) is 0 Å². The largest absolute Gasteiger partial charge is 0.480 e. The van der Waals surface area contributed by atoms with Crippen LogP contribution in [0.4, 0.5) is 0 Å². The van der Waals surface area contributed by atoms with Gasteiger partial charge in [-0.2, -0.15) is 5.10 Å². The first-order valence-corrected chi connectivity index (χ1v) is 4.66. The summed E-state index contributed by atoms with van der Waals surface area (Å²) in [6.45, 7) is 0.0715. The van der Waals surface area contributed by atoms with Crippen LogP contribution >= 0.6 is 0 Å². The molecule has 0 bridgehead atoms. The molecule has 0 unspecified atom stereocenters. The fraction of sp³-hybridized carbons (Fsp3) is 0.444.